The number of fused-ring (bicyclic) bond motifs is 1. The van der Waals surface area contributed by atoms with Crippen LogP contribution in [0.2, 0.25) is 0 Å². The Balaban J connectivity index is 1.96. The van der Waals surface area contributed by atoms with E-state index in [0.717, 1.165) is 17.7 Å². The van der Waals surface area contributed by atoms with E-state index < -0.39 is 6.10 Å². The van der Waals surface area contributed by atoms with Gasteiger partial charge < -0.3 is 10.4 Å². The normalized spacial score (nSPS) is 16.8. The van der Waals surface area contributed by atoms with E-state index in [1.165, 1.54) is 29.7 Å². The van der Waals surface area contributed by atoms with E-state index in [2.05, 4.69) is 5.32 Å². The minimum atomic E-state index is -0.471. The van der Waals surface area contributed by atoms with Crippen molar-refractivity contribution in [3.63, 3.8) is 0 Å². The zero-order chi connectivity index (χ0) is 13.8. The van der Waals surface area contributed by atoms with Crippen LogP contribution in [0.4, 0.5) is 0 Å². The number of thiophene rings is 1. The monoisotopic (exact) mass is 281 g/mol. The van der Waals surface area contributed by atoms with Crippen molar-refractivity contribution in [3.05, 3.63) is 21.4 Å². The molecule has 1 aromatic heterocycles. The van der Waals surface area contributed by atoms with Gasteiger partial charge in [-0.15, -0.1) is 11.3 Å². The first kappa shape index (κ1) is 14.5. The summed E-state index contributed by atoms with van der Waals surface area (Å²) >= 11 is 1.62. The number of aliphatic hydroxyl groups excluding tert-OH is 1. The van der Waals surface area contributed by atoms with E-state index in [4.69, 9.17) is 0 Å². The maximum absolute atomic E-state index is 12.1. The Morgan fingerprint density at radius 1 is 1.37 bits per heavy atom. The predicted octanol–water partition coefficient (Wildman–Crippen LogP) is 2.76. The molecule has 0 fully saturated rings. The van der Waals surface area contributed by atoms with E-state index >= 15 is 0 Å². The fourth-order valence-corrected chi connectivity index (χ4v) is 3.47. The Bertz CT molecular complexity index is 416. The van der Waals surface area contributed by atoms with Gasteiger partial charge >= 0.3 is 0 Å². The van der Waals surface area contributed by atoms with Gasteiger partial charge in [0.25, 0.3) is 5.91 Å². The zero-order valence-corrected chi connectivity index (χ0v) is 12.6. The lowest BCUT2D eigenvalue weighted by Gasteiger charge is -2.14. The van der Waals surface area contributed by atoms with Gasteiger partial charge in [0.15, 0.2) is 0 Å². The van der Waals surface area contributed by atoms with Crippen molar-refractivity contribution in [2.75, 3.05) is 6.54 Å². The first-order valence-corrected chi connectivity index (χ1v) is 7.97. The molecule has 1 amide bonds. The summed E-state index contributed by atoms with van der Waals surface area (Å²) in [6.07, 6.45) is 5.51. The summed E-state index contributed by atoms with van der Waals surface area (Å²) in [5.41, 5.74) is 1.36. The molecule has 0 spiro atoms. The largest absolute Gasteiger partial charge is 0.391 e. The number of carbonyl (C=O) groups excluding carboxylic acids is 1. The number of aliphatic hydroxyl groups is 1. The lowest BCUT2D eigenvalue weighted by molar-refractivity contribution is 0.0875. The summed E-state index contributed by atoms with van der Waals surface area (Å²) in [7, 11) is 0. The quantitative estimate of drug-likeness (QED) is 0.834. The van der Waals surface area contributed by atoms with Crippen LogP contribution in [-0.2, 0) is 12.8 Å². The zero-order valence-electron chi connectivity index (χ0n) is 11.7. The van der Waals surface area contributed by atoms with Gasteiger partial charge in [-0.3, -0.25) is 4.79 Å². The highest BCUT2D eigenvalue weighted by molar-refractivity contribution is 7.14. The molecule has 106 valence electrons. The molecule has 1 aliphatic carbocycles. The summed E-state index contributed by atoms with van der Waals surface area (Å²) in [6, 6.07) is 2.04. The Labute approximate surface area is 119 Å². The van der Waals surface area contributed by atoms with E-state index in [1.54, 1.807) is 11.3 Å². The number of rotatable bonds is 4. The molecule has 2 rings (SSSR count). The molecule has 0 saturated carbocycles. The van der Waals surface area contributed by atoms with Crippen molar-refractivity contribution in [2.24, 2.45) is 5.92 Å². The molecule has 1 aromatic rings. The first-order chi connectivity index (χ1) is 9.08. The minimum absolute atomic E-state index is 0.0437. The van der Waals surface area contributed by atoms with E-state index in [1.807, 2.05) is 19.9 Å². The molecule has 2 N–H and O–H groups in total. The highest BCUT2D eigenvalue weighted by atomic mass is 32.1. The van der Waals surface area contributed by atoms with Crippen LogP contribution in [0.15, 0.2) is 6.07 Å². The molecule has 19 heavy (non-hydrogen) atoms. The topological polar surface area (TPSA) is 49.3 Å². The molecule has 1 aliphatic rings. The third-order valence-corrected chi connectivity index (χ3v) is 4.95. The van der Waals surface area contributed by atoms with E-state index in [9.17, 15) is 9.90 Å². The fourth-order valence-electron chi connectivity index (χ4n) is 2.30. The third-order valence-electron chi connectivity index (χ3n) is 3.71. The average molecular weight is 281 g/mol. The van der Waals surface area contributed by atoms with Crippen molar-refractivity contribution in [1.29, 1.82) is 0 Å². The first-order valence-electron chi connectivity index (χ1n) is 7.15. The Kier molecular flexibility index (Phi) is 4.99. The molecule has 0 aliphatic heterocycles. The van der Waals surface area contributed by atoms with E-state index in [0.29, 0.717) is 6.54 Å². The summed E-state index contributed by atoms with van der Waals surface area (Å²) < 4.78 is 0. The molecule has 1 atom stereocenters. The molecular formula is C15H23NO2S. The summed E-state index contributed by atoms with van der Waals surface area (Å²) in [5.74, 6) is 0.123. The van der Waals surface area contributed by atoms with Gasteiger partial charge in [-0.1, -0.05) is 20.3 Å². The van der Waals surface area contributed by atoms with Gasteiger partial charge in [0.2, 0.25) is 0 Å². The van der Waals surface area contributed by atoms with Gasteiger partial charge in [-0.25, -0.2) is 0 Å². The van der Waals surface area contributed by atoms with Gasteiger partial charge in [0.05, 0.1) is 11.0 Å². The number of aryl methyl sites for hydroxylation is 2. The summed E-state index contributed by atoms with van der Waals surface area (Å²) in [6.45, 7) is 4.23. The van der Waals surface area contributed by atoms with Gasteiger partial charge in [-0.2, -0.15) is 0 Å². The fraction of sp³-hybridized carbons (Fsp3) is 0.667. The number of hydrogen-bond donors (Lipinski definition) is 2. The lowest BCUT2D eigenvalue weighted by Crippen LogP contribution is -2.34. The SMILES string of the molecule is CC(C)C(O)CNC(=O)c1cc2c(s1)CCCCC2. The Hall–Kier alpha value is -0.870. The number of nitrogens with one attached hydrogen (secondary N) is 1. The van der Waals surface area contributed by atoms with Gasteiger partial charge in [-0.05, 0) is 43.2 Å². The molecule has 4 heteroatoms. The molecule has 0 radical (unpaired) electrons. The van der Waals surface area contributed by atoms with Crippen LogP contribution in [0.1, 0.15) is 53.2 Å². The van der Waals surface area contributed by atoms with Crippen LogP contribution in [-0.4, -0.2) is 23.7 Å². The highest BCUT2D eigenvalue weighted by Crippen LogP contribution is 2.28. The van der Waals surface area contributed by atoms with Crippen LogP contribution < -0.4 is 5.32 Å². The molecular weight excluding hydrogens is 258 g/mol. The van der Waals surface area contributed by atoms with E-state index in [-0.39, 0.29) is 11.8 Å². The van der Waals surface area contributed by atoms with Crippen molar-refractivity contribution in [2.45, 2.75) is 52.1 Å². The van der Waals surface area contributed by atoms with Crippen LogP contribution in [0, 0.1) is 5.92 Å². The average Bonchev–Trinajstić information content (AvgIpc) is 2.67. The van der Waals surface area contributed by atoms with Crippen molar-refractivity contribution in [1.82, 2.24) is 5.32 Å². The minimum Gasteiger partial charge on any atom is -0.391 e. The number of carbonyl (C=O) groups is 1. The van der Waals surface area contributed by atoms with Crippen molar-refractivity contribution < 1.29 is 9.90 Å². The second-order valence-corrected chi connectivity index (χ2v) is 6.78. The third kappa shape index (κ3) is 3.80. The molecule has 1 unspecified atom stereocenters. The van der Waals surface area contributed by atoms with Gasteiger partial charge in [0, 0.05) is 11.4 Å². The number of amides is 1. The smallest absolute Gasteiger partial charge is 0.261 e. The number of hydrogen-bond acceptors (Lipinski definition) is 3. The molecule has 0 bridgehead atoms. The van der Waals surface area contributed by atoms with Crippen LogP contribution in [0.5, 0.6) is 0 Å². The second-order valence-electron chi connectivity index (χ2n) is 5.64. The van der Waals surface area contributed by atoms with Crippen LogP contribution in [0.3, 0.4) is 0 Å². The Morgan fingerprint density at radius 3 is 2.84 bits per heavy atom. The summed E-state index contributed by atoms with van der Waals surface area (Å²) in [4.78, 5) is 14.2. The van der Waals surface area contributed by atoms with Crippen molar-refractivity contribution in [3.8, 4) is 0 Å². The molecule has 3 nitrogen and oxygen atoms in total. The van der Waals surface area contributed by atoms with Crippen molar-refractivity contribution >= 4 is 17.2 Å². The maximum atomic E-state index is 12.1. The molecule has 1 heterocycles. The van der Waals surface area contributed by atoms with Gasteiger partial charge in [0.1, 0.15) is 0 Å². The maximum Gasteiger partial charge on any atom is 0.261 e. The predicted molar refractivity (Wildman–Crippen MR) is 78.8 cm³/mol. The standard InChI is InChI=1S/C15H23NO2S/c1-10(2)12(17)9-16-15(18)14-8-11-6-4-3-5-7-13(11)19-14/h8,10,12,17H,3-7,9H2,1-2H3,(H,16,18). The molecule has 0 aromatic carbocycles. The molecule has 0 saturated heterocycles. The summed E-state index contributed by atoms with van der Waals surface area (Å²) in [5, 5.41) is 12.5. The lowest BCUT2D eigenvalue weighted by atomic mass is 10.1. The second kappa shape index (κ2) is 6.53. The van der Waals surface area contributed by atoms with Crippen LogP contribution in [0.25, 0.3) is 0 Å². The highest BCUT2D eigenvalue weighted by Gasteiger charge is 2.17. The van der Waals surface area contributed by atoms with Crippen LogP contribution >= 0.6 is 11.3 Å². The Morgan fingerprint density at radius 2 is 2.11 bits per heavy atom.